The van der Waals surface area contributed by atoms with Gasteiger partial charge in [0.1, 0.15) is 0 Å². The first kappa shape index (κ1) is 60.9. The molecule has 4 atom stereocenters. The first-order chi connectivity index (χ1) is 38.1. The van der Waals surface area contributed by atoms with E-state index >= 15 is 0 Å². The summed E-state index contributed by atoms with van der Waals surface area (Å²) >= 11 is 0. The fraction of sp³-hybridized carbons (Fsp3) is 0.595. The molecule has 79 heavy (non-hydrogen) atoms. The van der Waals surface area contributed by atoms with Crippen molar-refractivity contribution in [1.82, 2.24) is 0 Å². The van der Waals surface area contributed by atoms with E-state index in [1.54, 1.807) is 10.9 Å². The summed E-state index contributed by atoms with van der Waals surface area (Å²) in [6, 6.07) is 30.0. The molecule has 0 heteroatoms. The molecule has 0 heterocycles. The monoisotopic (exact) mass is 1060 g/mol. The van der Waals surface area contributed by atoms with E-state index in [2.05, 4.69) is 173 Å². The van der Waals surface area contributed by atoms with Crippen LogP contribution in [-0.2, 0) is 10.8 Å². The van der Waals surface area contributed by atoms with E-state index in [4.69, 9.17) is 0 Å². The van der Waals surface area contributed by atoms with Gasteiger partial charge >= 0.3 is 0 Å². The maximum atomic E-state index is 4.16. The van der Waals surface area contributed by atoms with E-state index < -0.39 is 0 Å². The van der Waals surface area contributed by atoms with Gasteiger partial charge < -0.3 is 0 Å². The molecule has 2 aliphatic rings. The molecule has 0 radical (unpaired) electrons. The number of fused-ring (bicyclic) bond motifs is 1. The molecule has 0 N–H and O–H groups in total. The summed E-state index contributed by atoms with van der Waals surface area (Å²) in [5.74, 6) is 2.81. The van der Waals surface area contributed by atoms with Gasteiger partial charge in [-0.3, -0.25) is 0 Å². The maximum Gasteiger partial charge on any atom is -0.00213 e. The van der Waals surface area contributed by atoms with Crippen LogP contribution in [0, 0.1) is 30.1 Å². The number of aryl methyl sites for hydroxylation is 1. The van der Waals surface area contributed by atoms with E-state index in [0.29, 0.717) is 17.3 Å². The van der Waals surface area contributed by atoms with E-state index in [0.717, 1.165) is 17.4 Å². The van der Waals surface area contributed by atoms with Crippen LogP contribution in [0.1, 0.15) is 283 Å². The van der Waals surface area contributed by atoms with Gasteiger partial charge in [0.05, 0.1) is 0 Å². The Bertz CT molecular complexity index is 2980. The summed E-state index contributed by atoms with van der Waals surface area (Å²) in [5.41, 5.74) is 7.68. The zero-order valence-electron chi connectivity index (χ0n) is 52.5. The number of allylic oxidation sites excluding steroid dienone is 3. The minimum atomic E-state index is 0.0843. The molecule has 0 bridgehead atoms. The topological polar surface area (TPSA) is 0 Å². The molecule has 2 saturated carbocycles. The van der Waals surface area contributed by atoms with Crippen molar-refractivity contribution in [2.45, 2.75) is 279 Å². The summed E-state index contributed by atoms with van der Waals surface area (Å²) in [6.07, 6.45) is 51.7. The van der Waals surface area contributed by atoms with Gasteiger partial charge in [0.2, 0.25) is 0 Å². The molecule has 6 aromatic rings. The number of hydrogen-bond acceptors (Lipinski definition) is 0. The molecule has 8 rings (SSSR count). The lowest BCUT2D eigenvalue weighted by Gasteiger charge is -2.52. The molecule has 428 valence electrons. The third-order valence-electron chi connectivity index (χ3n) is 20.2. The predicted molar refractivity (Wildman–Crippen MR) is 354 cm³/mol. The zero-order chi connectivity index (χ0) is 56.0. The second kappa shape index (κ2) is 28.7. The normalized spacial score (nSPS) is 19.4. The molecule has 6 aromatic carbocycles. The summed E-state index contributed by atoms with van der Waals surface area (Å²) in [4.78, 5) is 0. The van der Waals surface area contributed by atoms with Gasteiger partial charge in [0.15, 0.2) is 0 Å². The Morgan fingerprint density at radius 3 is 1.59 bits per heavy atom. The van der Waals surface area contributed by atoms with Gasteiger partial charge in [-0.1, -0.05) is 300 Å². The lowest BCUT2D eigenvalue weighted by atomic mass is 9.53. The summed E-state index contributed by atoms with van der Waals surface area (Å²) < 4.78 is 0. The summed E-state index contributed by atoms with van der Waals surface area (Å²) in [5, 5.41) is 14.4. The van der Waals surface area contributed by atoms with E-state index in [9.17, 15) is 0 Å². The van der Waals surface area contributed by atoms with Crippen LogP contribution >= 0.6 is 0 Å². The molecule has 1 unspecified atom stereocenters. The van der Waals surface area contributed by atoms with Gasteiger partial charge in [-0.25, -0.2) is 0 Å². The average Bonchev–Trinajstić information content (AvgIpc) is 3.52. The van der Waals surface area contributed by atoms with Crippen LogP contribution in [0.4, 0.5) is 0 Å². The van der Waals surface area contributed by atoms with Crippen LogP contribution in [0.2, 0.25) is 0 Å². The second-order valence-electron chi connectivity index (χ2n) is 28.5. The molecule has 2 aliphatic carbocycles. The smallest absolute Gasteiger partial charge is 0.00213 e. The quantitative estimate of drug-likeness (QED) is 0.0261. The fourth-order valence-electron chi connectivity index (χ4n) is 15.6. The minimum Gasteiger partial charge on any atom is -0.0961 e. The lowest BCUT2D eigenvalue weighted by Crippen LogP contribution is -2.42. The first-order valence-corrected chi connectivity index (χ1v) is 33.4. The van der Waals surface area contributed by atoms with Gasteiger partial charge in [-0.2, -0.15) is 0 Å². The Kier molecular flexibility index (Phi) is 22.1. The summed E-state index contributed by atoms with van der Waals surface area (Å²) in [6.45, 7) is 27.5. The molecular formula is C79H112. The lowest BCUT2D eigenvalue weighted by molar-refractivity contribution is -0.00885. The van der Waals surface area contributed by atoms with Crippen molar-refractivity contribution in [3.8, 4) is 0 Å². The highest BCUT2D eigenvalue weighted by Gasteiger charge is 2.47. The SMILES string of the molecule is C=C(C)/C=C/C=c1/cc(C(C)(C)C)cc2cc/c(=C\[C@H]3CCC[C@@H](C(CCCCCCCCCCCC)(CCCCCCCCCCCC)[C@H]4CCCC(c5cc(C)c6ccc7cc(C(C)(C)C)cc8ccc5c6c78)C4)C3)cc12. The number of rotatable bonds is 28. The van der Waals surface area contributed by atoms with Gasteiger partial charge in [0, 0.05) is 0 Å². The van der Waals surface area contributed by atoms with Gasteiger partial charge in [0.25, 0.3) is 0 Å². The summed E-state index contributed by atoms with van der Waals surface area (Å²) in [7, 11) is 0. The molecular weight excluding hydrogens is 949 g/mol. The molecule has 2 fully saturated rings. The number of hydrogen-bond donors (Lipinski definition) is 0. The van der Waals surface area contributed by atoms with Crippen molar-refractivity contribution in [1.29, 1.82) is 0 Å². The third kappa shape index (κ3) is 15.9. The Morgan fingerprint density at radius 2 is 1.03 bits per heavy atom. The van der Waals surface area contributed by atoms with Crippen LogP contribution in [0.15, 0.2) is 97.1 Å². The standard InChI is InChI=1S/C79H112/c1-12-14-16-18-20-22-24-26-28-30-47-79(48-31-29-27-25-23-21-19-17-15-13-2,67-39-33-36-60(51-67)50-61-41-42-64-55-69(77(6,7)8)54-62(73(64)52-61)37-32-35-58(3)4)68-40-34-38-63(53-68)74-49-59(5)71-45-43-65-56-70(78(9,10)11)57-66-44-46-72(74)76(71)75(65)66/h32,35,37,41-46,49-50,52,54-57,60,63,67-68H,3,12-31,33-34,36,38-40,47-48,51,53H2,1-2,4-11H3/b35-32+,61-50+,62-37-/t60-,63?,67-,68+/m1/s1. The van der Waals surface area contributed by atoms with Crippen molar-refractivity contribution in [2.24, 2.45) is 23.2 Å². The van der Waals surface area contributed by atoms with E-state index in [-0.39, 0.29) is 10.8 Å². The predicted octanol–water partition coefficient (Wildman–Crippen LogP) is 23.7. The van der Waals surface area contributed by atoms with Crippen LogP contribution in [-0.4, -0.2) is 0 Å². The molecule has 0 amide bonds. The minimum absolute atomic E-state index is 0.0843. The van der Waals surface area contributed by atoms with Crippen LogP contribution in [0.25, 0.3) is 55.2 Å². The number of benzene rings is 6. The Morgan fingerprint density at radius 1 is 0.519 bits per heavy atom. The van der Waals surface area contributed by atoms with Gasteiger partial charge in [-0.15, -0.1) is 0 Å². The van der Waals surface area contributed by atoms with Gasteiger partial charge in [-0.05, 0) is 187 Å². The van der Waals surface area contributed by atoms with Crippen molar-refractivity contribution in [3.63, 3.8) is 0 Å². The van der Waals surface area contributed by atoms with Crippen LogP contribution in [0.5, 0.6) is 0 Å². The molecule has 0 saturated heterocycles. The average molecular weight is 1060 g/mol. The third-order valence-corrected chi connectivity index (χ3v) is 20.2. The van der Waals surface area contributed by atoms with E-state index in [1.807, 2.05) is 0 Å². The molecule has 0 spiro atoms. The largest absolute Gasteiger partial charge is 0.0961 e. The first-order valence-electron chi connectivity index (χ1n) is 33.4. The Balaban J connectivity index is 1.14. The molecule has 0 aromatic heterocycles. The van der Waals surface area contributed by atoms with Crippen molar-refractivity contribution in [3.05, 3.63) is 130 Å². The highest BCUT2D eigenvalue weighted by molar-refractivity contribution is 6.24. The van der Waals surface area contributed by atoms with Crippen molar-refractivity contribution >= 4 is 55.2 Å². The van der Waals surface area contributed by atoms with Crippen LogP contribution < -0.4 is 10.4 Å². The fourth-order valence-corrected chi connectivity index (χ4v) is 15.6. The highest BCUT2D eigenvalue weighted by Crippen LogP contribution is 2.58. The Hall–Kier alpha value is -4.16. The number of unbranched alkanes of at least 4 members (excludes halogenated alkanes) is 18. The maximum absolute atomic E-state index is 4.16. The molecule has 0 nitrogen and oxygen atoms in total. The van der Waals surface area contributed by atoms with Crippen molar-refractivity contribution in [2.75, 3.05) is 0 Å². The van der Waals surface area contributed by atoms with Crippen LogP contribution in [0.3, 0.4) is 0 Å². The second-order valence-corrected chi connectivity index (χ2v) is 28.5. The van der Waals surface area contributed by atoms with Crippen molar-refractivity contribution < 1.29 is 0 Å². The molecule has 0 aliphatic heterocycles. The Labute approximate surface area is 484 Å². The zero-order valence-corrected chi connectivity index (χ0v) is 52.5. The van der Waals surface area contributed by atoms with E-state index in [1.165, 1.54) is 257 Å². The highest BCUT2D eigenvalue weighted by atomic mass is 14.5.